The Bertz CT molecular complexity index is 2440. The van der Waals surface area contributed by atoms with Crippen molar-refractivity contribution >= 4 is 49.2 Å². The first kappa shape index (κ1) is 41.6. The van der Waals surface area contributed by atoms with Crippen molar-refractivity contribution in [1.82, 2.24) is 19.8 Å². The smallest absolute Gasteiger partial charge is 0.419 e. The van der Waals surface area contributed by atoms with Gasteiger partial charge in [-0.15, -0.1) is 11.3 Å². The number of carbonyl (C=O) groups is 1. The zero-order valence-electron chi connectivity index (χ0n) is 32.5. The lowest BCUT2D eigenvalue weighted by atomic mass is 9.88. The lowest BCUT2D eigenvalue weighted by Gasteiger charge is -2.32. The summed E-state index contributed by atoms with van der Waals surface area (Å²) in [5.41, 5.74) is -1.95. The highest BCUT2D eigenvalue weighted by atomic mass is 32.1. The summed E-state index contributed by atoms with van der Waals surface area (Å²) < 4.78 is 146. The highest BCUT2D eigenvalue weighted by Gasteiger charge is 2.50. The Morgan fingerprint density at radius 2 is 1.93 bits per heavy atom. The van der Waals surface area contributed by atoms with E-state index in [9.17, 15) is 14.4 Å². The first-order valence-electron chi connectivity index (χ1n) is 19.9. The molecule has 0 radical (unpaired) electrons. The van der Waals surface area contributed by atoms with E-state index >= 15 is 30.7 Å². The van der Waals surface area contributed by atoms with Gasteiger partial charge in [0.05, 0.1) is 51.6 Å². The number of nitriles is 1. The fraction of sp³-hybridized carbons (Fsp3) is 0.550. The van der Waals surface area contributed by atoms with Crippen molar-refractivity contribution in [3.05, 3.63) is 40.7 Å². The molecular formula is C40H39F8N7O5S. The van der Waals surface area contributed by atoms with E-state index in [1.807, 2.05) is 4.90 Å². The molecule has 0 bridgehead atoms. The van der Waals surface area contributed by atoms with Gasteiger partial charge in [0, 0.05) is 55.0 Å². The van der Waals surface area contributed by atoms with Gasteiger partial charge >= 0.3 is 24.5 Å². The van der Waals surface area contributed by atoms with E-state index in [0.717, 1.165) is 18.6 Å². The number of carbonyl (C=O) groups excluding carboxylic acids is 1. The largest absolute Gasteiger partial charge is 0.461 e. The minimum absolute atomic E-state index is 0.0110. The number of nitrogens with two attached hydrogens (primary N) is 1. The van der Waals surface area contributed by atoms with Crippen molar-refractivity contribution in [2.45, 2.75) is 81.5 Å². The molecule has 6 atom stereocenters. The third kappa shape index (κ3) is 7.12. The molecule has 326 valence electrons. The predicted molar refractivity (Wildman–Crippen MR) is 205 cm³/mol. The van der Waals surface area contributed by atoms with E-state index in [-0.39, 0.29) is 69.0 Å². The number of hydrogen-bond acceptors (Lipinski definition) is 12. The number of ether oxygens (including phenoxy) is 4. The Morgan fingerprint density at radius 3 is 2.67 bits per heavy atom. The topological polar surface area (TPSA) is 139 Å². The standard InChI is InChI=1S/C40H39F8N7O5S/c1-2-55(20-6-10-53(16-20)37(56)60-27-17-58-35-21(27)7-11-57-35)34-23-12-25(39(43,44)45)29(22-4-5-26(42)32-28(22)24(14-49)33(50)61-32)30(40(46,47)48)31(23)51-36(52-34)59-18-38-8-3-9-54(38)15-19(41)13-38/h4-5,12,19-21,27,35H,2-3,6-11,13,15-18,50H2,1H3/t19-,20+,21+,27+,35-,38+/m1/s1. The van der Waals surface area contributed by atoms with Gasteiger partial charge in [-0.25, -0.2) is 13.6 Å². The normalized spacial score (nSPS) is 26.6. The van der Waals surface area contributed by atoms with Crippen LogP contribution in [-0.2, 0) is 26.6 Å². The van der Waals surface area contributed by atoms with Crippen molar-refractivity contribution in [1.29, 1.82) is 5.26 Å². The molecule has 12 nitrogen and oxygen atoms in total. The number of benzene rings is 2. The van der Waals surface area contributed by atoms with E-state index in [1.54, 1.807) is 13.0 Å². The van der Waals surface area contributed by atoms with E-state index in [4.69, 9.17) is 24.7 Å². The summed E-state index contributed by atoms with van der Waals surface area (Å²) in [6.07, 6.45) is -11.6. The molecule has 0 unspecified atom stereocenters. The molecule has 1 amide bonds. The molecule has 2 N–H and O–H groups in total. The van der Waals surface area contributed by atoms with Crippen LogP contribution < -0.4 is 15.4 Å². The third-order valence-corrected chi connectivity index (χ3v) is 13.7. The maximum absolute atomic E-state index is 15.8. The number of nitrogens with zero attached hydrogens (tertiary/aromatic N) is 6. The highest BCUT2D eigenvalue weighted by molar-refractivity contribution is 7.23. The van der Waals surface area contributed by atoms with Crippen LogP contribution >= 0.6 is 11.3 Å². The second-order valence-electron chi connectivity index (χ2n) is 16.1. The number of likely N-dealkylation sites (N-methyl/N-ethyl adjacent to an activating group) is 1. The van der Waals surface area contributed by atoms with Gasteiger partial charge in [0.15, 0.2) is 6.29 Å². The fourth-order valence-corrected chi connectivity index (χ4v) is 10.9. The van der Waals surface area contributed by atoms with Crippen molar-refractivity contribution in [2.75, 3.05) is 63.2 Å². The third-order valence-electron chi connectivity index (χ3n) is 12.7. The van der Waals surface area contributed by atoms with E-state index < -0.39 is 109 Å². The number of rotatable bonds is 8. The first-order chi connectivity index (χ1) is 29.0. The molecule has 5 saturated heterocycles. The molecular weight excluding hydrogens is 843 g/mol. The fourth-order valence-electron chi connectivity index (χ4n) is 9.94. The Morgan fingerprint density at radius 1 is 1.13 bits per heavy atom. The van der Waals surface area contributed by atoms with Gasteiger partial charge in [-0.05, 0) is 56.8 Å². The summed E-state index contributed by atoms with van der Waals surface area (Å²) in [5, 5.41) is 8.52. The molecule has 7 heterocycles. The van der Waals surface area contributed by atoms with Crippen molar-refractivity contribution in [3.8, 4) is 23.2 Å². The molecule has 0 saturated carbocycles. The van der Waals surface area contributed by atoms with Gasteiger partial charge in [-0.1, -0.05) is 6.07 Å². The molecule has 0 spiro atoms. The van der Waals surface area contributed by atoms with Gasteiger partial charge in [0.25, 0.3) is 0 Å². The number of aromatic nitrogens is 2. The number of amides is 1. The lowest BCUT2D eigenvalue weighted by Crippen LogP contribution is -2.43. The number of hydrogen-bond donors (Lipinski definition) is 1. The second-order valence-corrected chi connectivity index (χ2v) is 17.2. The maximum atomic E-state index is 15.8. The number of halogens is 8. The van der Waals surface area contributed by atoms with Crippen LogP contribution in [0.1, 0.15) is 55.7 Å². The lowest BCUT2D eigenvalue weighted by molar-refractivity contribution is -0.141. The maximum Gasteiger partial charge on any atom is 0.419 e. The second kappa shape index (κ2) is 15.2. The van der Waals surface area contributed by atoms with Gasteiger partial charge in [-0.3, -0.25) is 4.90 Å². The zero-order chi connectivity index (χ0) is 43.2. The van der Waals surface area contributed by atoms with E-state index in [0.29, 0.717) is 43.4 Å². The minimum Gasteiger partial charge on any atom is -0.461 e. The molecule has 2 aromatic carbocycles. The van der Waals surface area contributed by atoms with Crippen LogP contribution in [0.15, 0.2) is 18.2 Å². The molecule has 5 aliphatic rings. The molecule has 9 rings (SSSR count). The van der Waals surface area contributed by atoms with E-state index in [2.05, 4.69) is 9.97 Å². The summed E-state index contributed by atoms with van der Waals surface area (Å²) in [5.74, 6) is -1.46. The van der Waals surface area contributed by atoms with Gasteiger partial charge in [0.2, 0.25) is 0 Å². The molecule has 5 aliphatic heterocycles. The summed E-state index contributed by atoms with van der Waals surface area (Å²) in [4.78, 5) is 27.0. The molecule has 0 aliphatic carbocycles. The van der Waals surface area contributed by atoms with Crippen LogP contribution in [0, 0.1) is 23.1 Å². The molecule has 61 heavy (non-hydrogen) atoms. The summed E-state index contributed by atoms with van der Waals surface area (Å²) >= 11 is 0.522. The van der Waals surface area contributed by atoms with Crippen LogP contribution in [0.3, 0.4) is 0 Å². The SMILES string of the molecule is CCN(c1nc(OC[C@@]23CCCN2C[C@H](F)C3)nc2c(C(F)(F)F)c(-c3ccc(F)c4sc(N)c(C#N)c34)c(C(F)(F)F)cc12)[C@H]1CCN(C(=O)O[C@H]2CO[C@H]3OCC[C@H]32)C1. The average Bonchev–Trinajstić information content (AvgIpc) is 4.05. The van der Waals surface area contributed by atoms with Crippen LogP contribution in [0.25, 0.3) is 32.1 Å². The molecule has 5 fully saturated rings. The average molecular weight is 882 g/mol. The van der Waals surface area contributed by atoms with Crippen LogP contribution in [0.2, 0.25) is 0 Å². The Balaban J connectivity index is 1.20. The first-order valence-corrected chi connectivity index (χ1v) is 20.7. The minimum atomic E-state index is -5.54. The Kier molecular flexibility index (Phi) is 10.4. The number of alkyl halides is 7. The van der Waals surface area contributed by atoms with Crippen molar-refractivity contribution in [3.63, 3.8) is 0 Å². The van der Waals surface area contributed by atoms with Crippen LogP contribution in [-0.4, -0.2) is 109 Å². The number of likely N-dealkylation sites (tertiary alicyclic amines) is 1. The number of fused-ring (bicyclic) bond motifs is 4. The molecule has 2 aromatic heterocycles. The van der Waals surface area contributed by atoms with Crippen LogP contribution in [0.5, 0.6) is 6.01 Å². The number of nitrogen functional groups attached to an aromatic ring is 1. The zero-order valence-corrected chi connectivity index (χ0v) is 33.4. The Hall–Kier alpha value is -4.78. The number of thiophene rings is 1. The van der Waals surface area contributed by atoms with Gasteiger partial charge in [0.1, 0.15) is 41.6 Å². The summed E-state index contributed by atoms with van der Waals surface area (Å²) in [6.45, 7) is 2.92. The predicted octanol–water partition coefficient (Wildman–Crippen LogP) is 7.90. The summed E-state index contributed by atoms with van der Waals surface area (Å²) in [7, 11) is 0. The Labute approximate surface area is 347 Å². The summed E-state index contributed by atoms with van der Waals surface area (Å²) in [6, 6.07) is 2.47. The van der Waals surface area contributed by atoms with Crippen molar-refractivity contribution in [2.24, 2.45) is 5.92 Å². The monoisotopic (exact) mass is 881 g/mol. The molecule has 4 aromatic rings. The highest BCUT2D eigenvalue weighted by Crippen LogP contribution is 2.52. The van der Waals surface area contributed by atoms with Crippen molar-refractivity contribution < 1.29 is 58.9 Å². The quantitative estimate of drug-likeness (QED) is 0.173. The van der Waals surface area contributed by atoms with Gasteiger partial charge in [-0.2, -0.15) is 41.6 Å². The number of anilines is 2. The molecule has 21 heteroatoms. The van der Waals surface area contributed by atoms with Gasteiger partial charge < -0.3 is 34.5 Å². The van der Waals surface area contributed by atoms with E-state index in [1.165, 1.54) is 9.80 Å². The van der Waals surface area contributed by atoms with Crippen LogP contribution in [0.4, 0.5) is 50.7 Å².